The quantitative estimate of drug-likeness (QED) is 0.669. The summed E-state index contributed by atoms with van der Waals surface area (Å²) >= 11 is 0. The summed E-state index contributed by atoms with van der Waals surface area (Å²) < 4.78 is 4.76. The Bertz CT molecular complexity index is 270. The van der Waals surface area contributed by atoms with Gasteiger partial charge in [0.2, 0.25) is 5.88 Å². The zero-order valence-corrected chi connectivity index (χ0v) is 6.23. The SMILES string of the molecule is Nc1ccc(OCC(=O)O)nc1. The van der Waals surface area contributed by atoms with Crippen molar-refractivity contribution in [3.8, 4) is 5.88 Å². The van der Waals surface area contributed by atoms with Crippen LogP contribution < -0.4 is 10.5 Å². The number of hydrogen-bond acceptors (Lipinski definition) is 4. The highest BCUT2D eigenvalue weighted by Crippen LogP contribution is 2.07. The lowest BCUT2D eigenvalue weighted by atomic mass is 10.4. The van der Waals surface area contributed by atoms with Crippen molar-refractivity contribution in [2.75, 3.05) is 12.3 Å². The largest absolute Gasteiger partial charge is 0.479 e. The molecular formula is C7H8N2O3. The molecule has 3 N–H and O–H groups in total. The molecule has 12 heavy (non-hydrogen) atoms. The molecule has 0 saturated carbocycles. The highest BCUT2D eigenvalue weighted by molar-refractivity contribution is 5.68. The number of carbonyl (C=O) groups is 1. The second kappa shape index (κ2) is 3.56. The van der Waals surface area contributed by atoms with Gasteiger partial charge in [-0.25, -0.2) is 9.78 Å². The van der Waals surface area contributed by atoms with E-state index in [0.717, 1.165) is 0 Å². The second-order valence-electron chi connectivity index (χ2n) is 2.11. The Hall–Kier alpha value is -1.78. The molecule has 5 heteroatoms. The van der Waals surface area contributed by atoms with Crippen molar-refractivity contribution in [2.24, 2.45) is 0 Å². The predicted molar refractivity (Wildman–Crippen MR) is 41.8 cm³/mol. The molecule has 0 saturated heterocycles. The first-order valence-electron chi connectivity index (χ1n) is 3.24. The first kappa shape index (κ1) is 8.32. The average molecular weight is 168 g/mol. The fourth-order valence-corrected chi connectivity index (χ4v) is 0.613. The monoisotopic (exact) mass is 168 g/mol. The molecule has 64 valence electrons. The Kier molecular flexibility index (Phi) is 2.47. The number of aliphatic carboxylic acids is 1. The van der Waals surface area contributed by atoms with Crippen LogP contribution in [0.5, 0.6) is 5.88 Å². The minimum atomic E-state index is -1.03. The fraction of sp³-hybridized carbons (Fsp3) is 0.143. The van der Waals surface area contributed by atoms with Gasteiger partial charge in [0, 0.05) is 6.07 Å². The van der Waals surface area contributed by atoms with Crippen LogP contribution in [0.4, 0.5) is 5.69 Å². The van der Waals surface area contributed by atoms with Crippen molar-refractivity contribution < 1.29 is 14.6 Å². The predicted octanol–water partition coefficient (Wildman–Crippen LogP) is 0.127. The van der Waals surface area contributed by atoms with Gasteiger partial charge in [-0.15, -0.1) is 0 Å². The molecule has 0 spiro atoms. The highest BCUT2D eigenvalue weighted by Gasteiger charge is 1.98. The van der Waals surface area contributed by atoms with E-state index in [1.165, 1.54) is 12.3 Å². The van der Waals surface area contributed by atoms with Crippen LogP contribution in [0.15, 0.2) is 18.3 Å². The molecule has 1 aromatic heterocycles. The van der Waals surface area contributed by atoms with Crippen LogP contribution in [0.25, 0.3) is 0 Å². The van der Waals surface area contributed by atoms with Crippen LogP contribution in [0.1, 0.15) is 0 Å². The van der Waals surface area contributed by atoms with Crippen molar-refractivity contribution in [3.63, 3.8) is 0 Å². The molecule has 0 bridgehead atoms. The molecule has 5 nitrogen and oxygen atoms in total. The third-order valence-corrected chi connectivity index (χ3v) is 1.10. The normalized spacial score (nSPS) is 9.33. The third kappa shape index (κ3) is 2.45. The molecule has 0 radical (unpaired) electrons. The zero-order chi connectivity index (χ0) is 8.97. The standard InChI is InChI=1S/C7H8N2O3/c8-5-1-2-6(9-3-5)12-4-7(10)11/h1-3H,4,8H2,(H,10,11). The molecule has 1 rings (SSSR count). The number of pyridine rings is 1. The van der Waals surface area contributed by atoms with Gasteiger partial charge in [-0.1, -0.05) is 0 Å². The van der Waals surface area contributed by atoms with Crippen molar-refractivity contribution >= 4 is 11.7 Å². The molecule has 0 fully saturated rings. The Labute approximate surface area is 68.8 Å². The van der Waals surface area contributed by atoms with E-state index in [9.17, 15) is 4.79 Å². The van der Waals surface area contributed by atoms with Crippen LogP contribution in [0.3, 0.4) is 0 Å². The summed E-state index contributed by atoms with van der Waals surface area (Å²) in [5.74, 6) is -0.778. The van der Waals surface area contributed by atoms with E-state index in [0.29, 0.717) is 5.69 Å². The summed E-state index contributed by atoms with van der Waals surface area (Å²) in [5, 5.41) is 8.25. The summed E-state index contributed by atoms with van der Waals surface area (Å²) in [4.78, 5) is 13.8. The summed E-state index contributed by atoms with van der Waals surface area (Å²) in [6.45, 7) is -0.392. The van der Waals surface area contributed by atoms with Crippen molar-refractivity contribution in [1.29, 1.82) is 0 Å². The van der Waals surface area contributed by atoms with E-state index in [4.69, 9.17) is 15.6 Å². The summed E-state index contributed by atoms with van der Waals surface area (Å²) in [6, 6.07) is 3.10. The maximum Gasteiger partial charge on any atom is 0.341 e. The second-order valence-corrected chi connectivity index (χ2v) is 2.11. The molecule has 1 aromatic rings. The number of carboxylic acids is 1. The highest BCUT2D eigenvalue weighted by atomic mass is 16.5. The molecule has 0 atom stereocenters. The molecule has 0 unspecified atom stereocenters. The van der Waals surface area contributed by atoms with Crippen molar-refractivity contribution in [1.82, 2.24) is 4.98 Å². The lowest BCUT2D eigenvalue weighted by Gasteiger charge is -2.00. The van der Waals surface area contributed by atoms with Crippen LogP contribution in [-0.2, 0) is 4.79 Å². The number of nitrogens with zero attached hydrogens (tertiary/aromatic N) is 1. The number of carboxylic acid groups (broad SMARTS) is 1. The van der Waals surface area contributed by atoms with Gasteiger partial charge >= 0.3 is 5.97 Å². The first-order chi connectivity index (χ1) is 5.68. The van der Waals surface area contributed by atoms with Gasteiger partial charge in [0.05, 0.1) is 11.9 Å². The maximum atomic E-state index is 10.1. The Morgan fingerprint density at radius 3 is 2.92 bits per heavy atom. The Balaban J connectivity index is 2.53. The van der Waals surface area contributed by atoms with E-state index in [1.807, 2.05) is 0 Å². The van der Waals surface area contributed by atoms with E-state index in [-0.39, 0.29) is 5.88 Å². The Morgan fingerprint density at radius 1 is 1.67 bits per heavy atom. The van der Waals surface area contributed by atoms with Gasteiger partial charge < -0.3 is 15.6 Å². The van der Waals surface area contributed by atoms with Gasteiger partial charge in [0.25, 0.3) is 0 Å². The molecule has 0 amide bonds. The minimum Gasteiger partial charge on any atom is -0.479 e. The zero-order valence-electron chi connectivity index (χ0n) is 6.23. The number of aromatic nitrogens is 1. The fourth-order valence-electron chi connectivity index (χ4n) is 0.613. The molecule has 0 aliphatic carbocycles. The number of nitrogen functional groups attached to an aromatic ring is 1. The van der Waals surface area contributed by atoms with Gasteiger partial charge in [0.1, 0.15) is 0 Å². The van der Waals surface area contributed by atoms with E-state index >= 15 is 0 Å². The average Bonchev–Trinajstić information content (AvgIpc) is 2.03. The Morgan fingerprint density at radius 2 is 2.42 bits per heavy atom. The summed E-state index contributed by atoms with van der Waals surface area (Å²) in [7, 11) is 0. The number of ether oxygens (including phenoxy) is 1. The number of rotatable bonds is 3. The third-order valence-electron chi connectivity index (χ3n) is 1.10. The number of nitrogens with two attached hydrogens (primary N) is 1. The summed E-state index contributed by atoms with van der Waals surface area (Å²) in [5.41, 5.74) is 5.86. The molecule has 0 aromatic carbocycles. The van der Waals surface area contributed by atoms with E-state index in [2.05, 4.69) is 4.98 Å². The van der Waals surface area contributed by atoms with E-state index in [1.54, 1.807) is 6.07 Å². The van der Waals surface area contributed by atoms with Crippen LogP contribution in [0.2, 0.25) is 0 Å². The number of anilines is 1. The number of hydrogen-bond donors (Lipinski definition) is 2. The maximum absolute atomic E-state index is 10.1. The molecule has 0 aliphatic heterocycles. The minimum absolute atomic E-state index is 0.256. The smallest absolute Gasteiger partial charge is 0.341 e. The van der Waals surface area contributed by atoms with Crippen molar-refractivity contribution in [3.05, 3.63) is 18.3 Å². The van der Waals surface area contributed by atoms with Gasteiger partial charge in [0.15, 0.2) is 6.61 Å². The van der Waals surface area contributed by atoms with Crippen LogP contribution >= 0.6 is 0 Å². The van der Waals surface area contributed by atoms with Gasteiger partial charge in [-0.2, -0.15) is 0 Å². The van der Waals surface area contributed by atoms with Gasteiger partial charge in [-0.3, -0.25) is 0 Å². The van der Waals surface area contributed by atoms with Crippen molar-refractivity contribution in [2.45, 2.75) is 0 Å². The molecule has 0 aliphatic rings. The summed E-state index contributed by atoms with van der Waals surface area (Å²) in [6.07, 6.45) is 1.40. The lowest BCUT2D eigenvalue weighted by Crippen LogP contribution is -2.10. The van der Waals surface area contributed by atoms with Crippen LogP contribution in [0, 0.1) is 0 Å². The lowest BCUT2D eigenvalue weighted by molar-refractivity contribution is -0.139. The molecular weight excluding hydrogens is 160 g/mol. The van der Waals surface area contributed by atoms with E-state index < -0.39 is 12.6 Å². The first-order valence-corrected chi connectivity index (χ1v) is 3.24. The van der Waals surface area contributed by atoms with Gasteiger partial charge in [-0.05, 0) is 6.07 Å². The molecule has 1 heterocycles. The van der Waals surface area contributed by atoms with Crippen LogP contribution in [-0.4, -0.2) is 22.7 Å². The topological polar surface area (TPSA) is 85.4 Å².